The molecular formula is C15H22N2O2S. The number of thiocarbonyl (C=S) groups is 1. The molecule has 5 heteroatoms. The molecule has 0 fully saturated rings. The van der Waals surface area contributed by atoms with E-state index in [2.05, 4.69) is 6.92 Å². The molecule has 110 valence electrons. The van der Waals surface area contributed by atoms with Crippen molar-refractivity contribution in [2.24, 2.45) is 5.73 Å². The minimum Gasteiger partial charge on any atom is -0.480 e. The average molecular weight is 294 g/mol. The van der Waals surface area contributed by atoms with Gasteiger partial charge in [0.15, 0.2) is 5.11 Å². The van der Waals surface area contributed by atoms with E-state index in [9.17, 15) is 9.90 Å². The number of carboxylic acid groups (broad SMARTS) is 1. The standard InChI is InChI=1S/C15H22N2O2S/c1-4-11-8-6-7-10(3)12(11)9-13(14(18)19)17(5-2)15(16)20/h6-8,13H,4-5,9H2,1-3H3,(H2,16,20)(H,18,19). The minimum absolute atomic E-state index is 0.131. The van der Waals surface area contributed by atoms with Gasteiger partial charge in [-0.3, -0.25) is 0 Å². The second-order valence-corrected chi connectivity index (χ2v) is 5.17. The van der Waals surface area contributed by atoms with Crippen molar-refractivity contribution in [2.75, 3.05) is 6.54 Å². The number of hydrogen-bond donors (Lipinski definition) is 2. The van der Waals surface area contributed by atoms with E-state index < -0.39 is 12.0 Å². The molecule has 4 nitrogen and oxygen atoms in total. The summed E-state index contributed by atoms with van der Waals surface area (Å²) in [5.74, 6) is -0.898. The van der Waals surface area contributed by atoms with Crippen LogP contribution in [0.15, 0.2) is 18.2 Å². The van der Waals surface area contributed by atoms with Gasteiger partial charge in [-0.2, -0.15) is 0 Å². The third kappa shape index (κ3) is 3.70. The quantitative estimate of drug-likeness (QED) is 0.787. The van der Waals surface area contributed by atoms with Crippen molar-refractivity contribution in [2.45, 2.75) is 39.7 Å². The Kier molecular flexibility index (Phi) is 5.95. The van der Waals surface area contributed by atoms with E-state index in [-0.39, 0.29) is 5.11 Å². The number of likely N-dealkylation sites (N-methyl/N-ethyl adjacent to an activating group) is 1. The van der Waals surface area contributed by atoms with E-state index >= 15 is 0 Å². The molecule has 20 heavy (non-hydrogen) atoms. The molecule has 0 heterocycles. The molecule has 0 aliphatic rings. The molecule has 0 saturated heterocycles. The Hall–Kier alpha value is -1.62. The fraction of sp³-hybridized carbons (Fsp3) is 0.467. The Morgan fingerprint density at radius 3 is 2.55 bits per heavy atom. The number of hydrogen-bond acceptors (Lipinski definition) is 2. The lowest BCUT2D eigenvalue weighted by molar-refractivity contribution is -0.141. The van der Waals surface area contributed by atoms with Gasteiger partial charge in [-0.25, -0.2) is 4.79 Å². The Morgan fingerprint density at radius 2 is 2.10 bits per heavy atom. The Bertz CT molecular complexity index is 503. The van der Waals surface area contributed by atoms with Gasteiger partial charge in [0.1, 0.15) is 6.04 Å². The van der Waals surface area contributed by atoms with Crippen molar-refractivity contribution in [1.29, 1.82) is 0 Å². The zero-order chi connectivity index (χ0) is 15.3. The van der Waals surface area contributed by atoms with E-state index in [1.807, 2.05) is 32.0 Å². The van der Waals surface area contributed by atoms with Crippen LogP contribution in [0.25, 0.3) is 0 Å². The Labute approximate surface area is 125 Å². The molecule has 1 atom stereocenters. The maximum atomic E-state index is 11.6. The second kappa shape index (κ2) is 7.24. The van der Waals surface area contributed by atoms with Crippen molar-refractivity contribution < 1.29 is 9.90 Å². The van der Waals surface area contributed by atoms with Gasteiger partial charge in [0.25, 0.3) is 0 Å². The fourth-order valence-corrected chi connectivity index (χ4v) is 2.70. The molecule has 0 amide bonds. The van der Waals surface area contributed by atoms with Crippen LogP contribution in [-0.4, -0.2) is 33.7 Å². The topological polar surface area (TPSA) is 66.6 Å². The highest BCUT2D eigenvalue weighted by Gasteiger charge is 2.27. The third-order valence-corrected chi connectivity index (χ3v) is 3.81. The summed E-state index contributed by atoms with van der Waals surface area (Å²) < 4.78 is 0. The fourth-order valence-electron chi connectivity index (χ4n) is 2.44. The molecule has 1 rings (SSSR count). The first-order valence-corrected chi connectivity index (χ1v) is 7.19. The predicted octanol–water partition coefficient (Wildman–Crippen LogP) is 2.12. The maximum absolute atomic E-state index is 11.6. The summed E-state index contributed by atoms with van der Waals surface area (Å²) in [5, 5.41) is 9.61. The van der Waals surface area contributed by atoms with Crippen LogP contribution in [0.4, 0.5) is 0 Å². The molecule has 0 saturated carbocycles. The number of rotatable bonds is 6. The number of carbonyl (C=O) groups is 1. The summed E-state index contributed by atoms with van der Waals surface area (Å²) in [7, 11) is 0. The number of aliphatic carboxylic acids is 1. The molecule has 0 aliphatic heterocycles. The normalized spacial score (nSPS) is 11.9. The predicted molar refractivity (Wildman–Crippen MR) is 84.9 cm³/mol. The zero-order valence-electron chi connectivity index (χ0n) is 12.2. The largest absolute Gasteiger partial charge is 0.480 e. The van der Waals surface area contributed by atoms with Crippen LogP contribution < -0.4 is 5.73 Å². The Morgan fingerprint density at radius 1 is 1.45 bits per heavy atom. The molecule has 1 aromatic rings. The monoisotopic (exact) mass is 294 g/mol. The summed E-state index contributed by atoms with van der Waals surface area (Å²) in [6.45, 7) is 6.41. The number of aryl methyl sites for hydroxylation is 2. The summed E-state index contributed by atoms with van der Waals surface area (Å²) in [4.78, 5) is 13.1. The van der Waals surface area contributed by atoms with E-state index in [4.69, 9.17) is 18.0 Å². The lowest BCUT2D eigenvalue weighted by atomic mass is 9.94. The van der Waals surface area contributed by atoms with Crippen LogP contribution in [0, 0.1) is 6.92 Å². The molecule has 1 aromatic carbocycles. The van der Waals surface area contributed by atoms with Crippen molar-refractivity contribution in [3.05, 3.63) is 34.9 Å². The highest BCUT2D eigenvalue weighted by molar-refractivity contribution is 7.80. The van der Waals surface area contributed by atoms with Crippen molar-refractivity contribution >= 4 is 23.3 Å². The van der Waals surface area contributed by atoms with Gasteiger partial charge in [0.05, 0.1) is 0 Å². The van der Waals surface area contributed by atoms with Gasteiger partial charge in [0, 0.05) is 13.0 Å². The van der Waals surface area contributed by atoms with E-state index in [0.29, 0.717) is 13.0 Å². The van der Waals surface area contributed by atoms with Crippen molar-refractivity contribution in [3.8, 4) is 0 Å². The SMILES string of the molecule is CCc1cccc(C)c1CC(C(=O)O)N(CC)C(N)=S. The molecule has 0 bridgehead atoms. The van der Waals surface area contributed by atoms with Crippen LogP contribution in [0.1, 0.15) is 30.5 Å². The summed E-state index contributed by atoms with van der Waals surface area (Å²) >= 11 is 4.96. The molecule has 0 spiro atoms. The molecule has 0 aromatic heterocycles. The number of benzene rings is 1. The summed E-state index contributed by atoms with van der Waals surface area (Å²) in [6.07, 6.45) is 1.29. The van der Waals surface area contributed by atoms with Gasteiger partial charge in [-0.1, -0.05) is 25.1 Å². The highest BCUT2D eigenvalue weighted by Crippen LogP contribution is 2.19. The highest BCUT2D eigenvalue weighted by atomic mass is 32.1. The van der Waals surface area contributed by atoms with Gasteiger partial charge in [-0.15, -0.1) is 0 Å². The first-order valence-electron chi connectivity index (χ1n) is 6.78. The van der Waals surface area contributed by atoms with Gasteiger partial charge in [-0.05, 0) is 49.2 Å². The van der Waals surface area contributed by atoms with E-state index in [0.717, 1.165) is 17.5 Å². The van der Waals surface area contributed by atoms with Gasteiger partial charge < -0.3 is 15.7 Å². The number of nitrogens with zero attached hydrogens (tertiary/aromatic N) is 1. The van der Waals surface area contributed by atoms with Crippen LogP contribution in [0.5, 0.6) is 0 Å². The third-order valence-electron chi connectivity index (χ3n) is 3.57. The van der Waals surface area contributed by atoms with Crippen LogP contribution in [0.2, 0.25) is 0 Å². The maximum Gasteiger partial charge on any atom is 0.326 e. The van der Waals surface area contributed by atoms with Crippen LogP contribution in [-0.2, 0) is 17.6 Å². The number of nitrogens with two attached hydrogens (primary N) is 1. The van der Waals surface area contributed by atoms with Crippen LogP contribution >= 0.6 is 12.2 Å². The Balaban J connectivity index is 3.14. The van der Waals surface area contributed by atoms with Gasteiger partial charge in [0.2, 0.25) is 0 Å². The zero-order valence-corrected chi connectivity index (χ0v) is 13.0. The first-order chi connectivity index (χ1) is 9.42. The molecule has 0 aliphatic carbocycles. The molecule has 1 unspecified atom stereocenters. The smallest absolute Gasteiger partial charge is 0.326 e. The lowest BCUT2D eigenvalue weighted by Crippen LogP contribution is -2.48. The molecule has 0 radical (unpaired) electrons. The van der Waals surface area contributed by atoms with E-state index in [1.165, 1.54) is 5.56 Å². The van der Waals surface area contributed by atoms with Crippen molar-refractivity contribution in [1.82, 2.24) is 4.90 Å². The summed E-state index contributed by atoms with van der Waals surface area (Å²) in [6, 6.07) is 5.32. The molecular weight excluding hydrogens is 272 g/mol. The first kappa shape index (κ1) is 16.4. The summed E-state index contributed by atoms with van der Waals surface area (Å²) in [5.41, 5.74) is 9.01. The van der Waals surface area contributed by atoms with Gasteiger partial charge >= 0.3 is 5.97 Å². The average Bonchev–Trinajstić information content (AvgIpc) is 2.39. The lowest BCUT2D eigenvalue weighted by Gasteiger charge is -2.29. The molecule has 3 N–H and O–H groups in total. The van der Waals surface area contributed by atoms with Crippen LogP contribution in [0.3, 0.4) is 0 Å². The second-order valence-electron chi connectivity index (χ2n) is 4.75. The minimum atomic E-state index is -0.898. The van der Waals surface area contributed by atoms with Crippen molar-refractivity contribution in [3.63, 3.8) is 0 Å². The number of carboxylic acids is 1. The van der Waals surface area contributed by atoms with E-state index in [1.54, 1.807) is 4.90 Å².